The van der Waals surface area contributed by atoms with Crippen LogP contribution >= 0.6 is 0 Å². The molecule has 0 saturated heterocycles. The number of rotatable bonds is 2. The molecule has 0 spiro atoms. The lowest BCUT2D eigenvalue weighted by Crippen LogP contribution is -2.24. The Morgan fingerprint density at radius 3 is 1.51 bits per heavy atom. The molecular weight excluding hydrogens is 565 g/mol. The van der Waals surface area contributed by atoms with Crippen molar-refractivity contribution in [3.8, 4) is 16.8 Å². The Bertz CT molecular complexity index is 1630. The molecule has 0 unspecified atom stereocenters. The Balaban J connectivity index is 2.13. The maximum atomic E-state index is 14.8. The number of hydrogen-bond acceptors (Lipinski definition) is 1. The predicted molar refractivity (Wildman–Crippen MR) is 110 cm³/mol. The van der Waals surface area contributed by atoms with Crippen LogP contribution in [0.1, 0.15) is 16.7 Å². The highest BCUT2D eigenvalue weighted by atomic mass is 19.4. The van der Waals surface area contributed by atoms with Crippen LogP contribution in [-0.4, -0.2) is 4.57 Å². The molecule has 0 fully saturated rings. The van der Waals surface area contributed by atoms with Gasteiger partial charge in [-0.05, 0) is 35.4 Å². The zero-order valence-corrected chi connectivity index (χ0v) is 18.4. The normalized spacial score (nSPS) is 12.8. The maximum absolute atomic E-state index is 14.8. The van der Waals surface area contributed by atoms with Gasteiger partial charge in [0, 0.05) is 11.5 Å². The van der Waals surface area contributed by atoms with Crippen LogP contribution in [0.3, 0.4) is 0 Å². The summed E-state index contributed by atoms with van der Waals surface area (Å²) in [6.07, 6.45) is -15.9. The second kappa shape index (κ2) is 9.02. The molecule has 0 aliphatic carbocycles. The molecule has 1 heterocycles. The predicted octanol–water partition coefficient (Wildman–Crippen LogP) is 8.27. The molecule has 0 saturated carbocycles. The number of aromatic nitrogens is 1. The van der Waals surface area contributed by atoms with Gasteiger partial charge in [-0.3, -0.25) is 9.36 Å². The lowest BCUT2D eigenvalue weighted by Gasteiger charge is -2.19. The molecule has 0 aliphatic rings. The fourth-order valence-electron chi connectivity index (χ4n) is 3.88. The number of halogens is 13. The molecule has 3 aromatic carbocycles. The van der Waals surface area contributed by atoms with Gasteiger partial charge in [-0.15, -0.1) is 0 Å². The van der Waals surface area contributed by atoms with Crippen molar-refractivity contribution in [3.05, 3.63) is 98.8 Å². The van der Waals surface area contributed by atoms with Crippen LogP contribution < -0.4 is 5.56 Å². The van der Waals surface area contributed by atoms with Gasteiger partial charge in [-0.2, -0.15) is 39.5 Å². The Labute approximate surface area is 207 Å². The summed E-state index contributed by atoms with van der Waals surface area (Å²) < 4.78 is 176. The van der Waals surface area contributed by atoms with E-state index in [0.717, 1.165) is 12.1 Å². The van der Waals surface area contributed by atoms with Gasteiger partial charge in [-0.25, -0.2) is 17.6 Å². The zero-order chi connectivity index (χ0) is 29.2. The Morgan fingerprint density at radius 1 is 0.564 bits per heavy atom. The van der Waals surface area contributed by atoms with Gasteiger partial charge in [0.2, 0.25) is 0 Å². The monoisotopic (exact) mass is 573 g/mol. The van der Waals surface area contributed by atoms with Crippen LogP contribution in [0.25, 0.3) is 27.7 Å². The third-order valence-electron chi connectivity index (χ3n) is 5.61. The third kappa shape index (κ3) is 4.81. The Hall–Kier alpha value is -4.04. The quantitative estimate of drug-likeness (QED) is 0.175. The second-order valence-electron chi connectivity index (χ2n) is 8.01. The number of pyridine rings is 1. The lowest BCUT2D eigenvalue weighted by atomic mass is 9.98. The molecule has 0 amide bonds. The van der Waals surface area contributed by atoms with Crippen LogP contribution in [0, 0.1) is 23.3 Å². The summed E-state index contributed by atoms with van der Waals surface area (Å²) in [6.45, 7) is 0. The highest BCUT2D eigenvalue weighted by Gasteiger charge is 2.43. The Morgan fingerprint density at radius 2 is 1.05 bits per heavy atom. The first kappa shape index (κ1) is 28.0. The first-order valence-electron chi connectivity index (χ1n) is 10.2. The zero-order valence-electron chi connectivity index (χ0n) is 18.4. The SMILES string of the molecule is O=c1cc(-c2ccc(C(F)(F)F)cc2)c2ccc(C(F)(F)F)cc2n1-c1c(F)c(F)c(C(F)(F)F)c(F)c1F. The van der Waals surface area contributed by atoms with Crippen molar-refractivity contribution in [2.24, 2.45) is 0 Å². The van der Waals surface area contributed by atoms with Gasteiger partial charge in [0.15, 0.2) is 23.3 Å². The van der Waals surface area contributed by atoms with E-state index in [1.165, 1.54) is 0 Å². The highest BCUT2D eigenvalue weighted by molar-refractivity contribution is 5.96. The van der Waals surface area contributed by atoms with Gasteiger partial charge in [-0.1, -0.05) is 18.2 Å². The molecule has 4 rings (SSSR count). The minimum atomic E-state index is -5.93. The van der Waals surface area contributed by atoms with E-state index in [0.29, 0.717) is 30.3 Å². The minimum absolute atomic E-state index is 0.136. The summed E-state index contributed by atoms with van der Waals surface area (Å²) in [5.41, 5.74) is -11.0. The van der Waals surface area contributed by atoms with Crippen molar-refractivity contribution in [2.45, 2.75) is 18.5 Å². The molecule has 0 aliphatic heterocycles. The molecule has 39 heavy (non-hydrogen) atoms. The van der Waals surface area contributed by atoms with Gasteiger partial charge >= 0.3 is 18.5 Å². The lowest BCUT2D eigenvalue weighted by molar-refractivity contribution is -0.143. The molecule has 1 aromatic heterocycles. The van der Waals surface area contributed by atoms with Gasteiger partial charge in [0.1, 0.15) is 11.3 Å². The summed E-state index contributed by atoms with van der Waals surface area (Å²) in [5, 5.41) is -0.484. The molecule has 15 heteroatoms. The van der Waals surface area contributed by atoms with Gasteiger partial charge < -0.3 is 0 Å². The van der Waals surface area contributed by atoms with Crippen molar-refractivity contribution < 1.29 is 57.1 Å². The van der Waals surface area contributed by atoms with E-state index >= 15 is 0 Å². The molecule has 4 aromatic rings. The average molecular weight is 573 g/mol. The van der Waals surface area contributed by atoms with E-state index in [2.05, 4.69) is 0 Å². The van der Waals surface area contributed by atoms with Crippen molar-refractivity contribution in [1.82, 2.24) is 4.57 Å². The molecule has 2 nitrogen and oxygen atoms in total. The van der Waals surface area contributed by atoms with E-state index in [-0.39, 0.29) is 21.8 Å². The number of benzene rings is 3. The fraction of sp³-hybridized carbons (Fsp3) is 0.125. The topological polar surface area (TPSA) is 22.0 Å². The van der Waals surface area contributed by atoms with Crippen molar-refractivity contribution >= 4 is 10.9 Å². The maximum Gasteiger partial charge on any atom is 0.422 e. The third-order valence-corrected chi connectivity index (χ3v) is 5.61. The van der Waals surface area contributed by atoms with Crippen molar-refractivity contribution in [2.75, 3.05) is 0 Å². The number of alkyl halides is 9. The first-order chi connectivity index (χ1) is 17.8. The van der Waals surface area contributed by atoms with Crippen molar-refractivity contribution in [1.29, 1.82) is 0 Å². The molecule has 206 valence electrons. The molecule has 0 bridgehead atoms. The van der Waals surface area contributed by atoms with Crippen LogP contribution in [-0.2, 0) is 18.5 Å². The molecular formula is C24H8F13NO. The van der Waals surface area contributed by atoms with Gasteiger partial charge in [0.05, 0.1) is 16.6 Å². The van der Waals surface area contributed by atoms with Gasteiger partial charge in [0.25, 0.3) is 5.56 Å². The summed E-state index contributed by atoms with van der Waals surface area (Å²) in [4.78, 5) is 12.9. The van der Waals surface area contributed by atoms with E-state index < -0.39 is 80.6 Å². The summed E-state index contributed by atoms with van der Waals surface area (Å²) >= 11 is 0. The first-order valence-corrected chi connectivity index (χ1v) is 10.2. The number of nitrogens with zero attached hydrogens (tertiary/aromatic N) is 1. The smallest absolute Gasteiger partial charge is 0.271 e. The van der Waals surface area contributed by atoms with E-state index in [4.69, 9.17) is 0 Å². The summed E-state index contributed by atoms with van der Waals surface area (Å²) in [7, 11) is 0. The minimum Gasteiger partial charge on any atom is -0.271 e. The Kier molecular flexibility index (Phi) is 6.47. The molecule has 0 atom stereocenters. The standard InChI is InChI=1S/C24H8F13NO/c25-17-16(24(35,36)37)18(26)20(28)21(19(17)27)38-14-7-11(23(32,33)34)5-6-12(14)13(8-15(38)39)9-1-3-10(4-2-9)22(29,30)31/h1-8H. The van der Waals surface area contributed by atoms with Crippen molar-refractivity contribution in [3.63, 3.8) is 0 Å². The van der Waals surface area contributed by atoms with Crippen LogP contribution in [0.2, 0.25) is 0 Å². The second-order valence-corrected chi connectivity index (χ2v) is 8.01. The fourth-order valence-corrected chi connectivity index (χ4v) is 3.88. The summed E-state index contributed by atoms with van der Waals surface area (Å²) in [5.74, 6) is -11.4. The van der Waals surface area contributed by atoms with E-state index in [1.807, 2.05) is 0 Å². The van der Waals surface area contributed by atoms with Crippen LogP contribution in [0.15, 0.2) is 53.3 Å². The van der Waals surface area contributed by atoms with E-state index in [9.17, 15) is 61.9 Å². The van der Waals surface area contributed by atoms with E-state index in [1.54, 1.807) is 0 Å². The molecule has 0 radical (unpaired) electrons. The average Bonchev–Trinajstić information content (AvgIpc) is 2.81. The summed E-state index contributed by atoms with van der Waals surface area (Å²) in [6, 6.07) is 4.50. The largest absolute Gasteiger partial charge is 0.422 e. The molecule has 0 N–H and O–H groups in total. The van der Waals surface area contributed by atoms with Crippen LogP contribution in [0.5, 0.6) is 0 Å². The number of fused-ring (bicyclic) bond motifs is 1. The highest BCUT2D eigenvalue weighted by Crippen LogP contribution is 2.40. The van der Waals surface area contributed by atoms with Crippen LogP contribution in [0.4, 0.5) is 57.1 Å². The number of hydrogen-bond donors (Lipinski definition) is 0.